The Kier molecular flexibility index (Phi) is 4.58. The van der Waals surface area contributed by atoms with Crippen molar-refractivity contribution in [3.8, 4) is 0 Å². The molecule has 12 heavy (non-hydrogen) atoms. The molecule has 1 aliphatic heterocycles. The molecule has 0 aromatic heterocycles. The summed E-state index contributed by atoms with van der Waals surface area (Å²) in [5.74, 6) is 0. The van der Waals surface area contributed by atoms with Crippen molar-refractivity contribution in [2.75, 3.05) is 33.9 Å². The minimum atomic E-state index is -0.0527. The van der Waals surface area contributed by atoms with Gasteiger partial charge in [-0.2, -0.15) is 0 Å². The third-order valence-electron chi connectivity index (χ3n) is 2.38. The summed E-state index contributed by atoms with van der Waals surface area (Å²) < 4.78 is 10.3. The van der Waals surface area contributed by atoms with E-state index in [4.69, 9.17) is 9.47 Å². The quantitative estimate of drug-likeness (QED) is 0.594. The van der Waals surface area contributed by atoms with E-state index < -0.39 is 0 Å². The summed E-state index contributed by atoms with van der Waals surface area (Å²) in [6.45, 7) is 3.31. The molecule has 0 unspecified atom stereocenters. The zero-order valence-electron chi connectivity index (χ0n) is 8.08. The van der Waals surface area contributed by atoms with Gasteiger partial charge in [-0.1, -0.05) is 6.42 Å². The number of ether oxygens (including phenoxy) is 2. The summed E-state index contributed by atoms with van der Waals surface area (Å²) in [7, 11) is 3.39. The number of methoxy groups -OCH3 is 2. The Morgan fingerprint density at radius 2 is 1.67 bits per heavy atom. The van der Waals surface area contributed by atoms with Gasteiger partial charge in [0.1, 0.15) is 0 Å². The van der Waals surface area contributed by atoms with Crippen LogP contribution in [0, 0.1) is 0 Å². The number of likely N-dealkylation sites (tertiary alicyclic amines) is 1. The van der Waals surface area contributed by atoms with Gasteiger partial charge in [-0.05, 0) is 25.9 Å². The first kappa shape index (κ1) is 9.96. The lowest BCUT2D eigenvalue weighted by Gasteiger charge is -2.28. The average molecular weight is 173 g/mol. The SMILES string of the molecule is COC(CN1CCCCC1)OC. The molecule has 0 radical (unpaired) electrons. The summed E-state index contributed by atoms with van der Waals surface area (Å²) in [6.07, 6.45) is 3.96. The minimum absolute atomic E-state index is 0.0527. The molecule has 1 heterocycles. The Balaban J connectivity index is 2.18. The van der Waals surface area contributed by atoms with E-state index in [1.807, 2.05) is 0 Å². The Bertz CT molecular complexity index is 109. The van der Waals surface area contributed by atoms with E-state index in [0.29, 0.717) is 0 Å². The first-order chi connectivity index (χ1) is 5.86. The minimum Gasteiger partial charge on any atom is -0.355 e. The highest BCUT2D eigenvalue weighted by Gasteiger charge is 2.14. The van der Waals surface area contributed by atoms with Crippen LogP contribution in [0.4, 0.5) is 0 Å². The van der Waals surface area contributed by atoms with Gasteiger partial charge in [0, 0.05) is 20.8 Å². The van der Waals surface area contributed by atoms with Gasteiger partial charge >= 0.3 is 0 Å². The molecule has 0 spiro atoms. The molecular formula is C9H19NO2. The highest BCUT2D eigenvalue weighted by Crippen LogP contribution is 2.09. The van der Waals surface area contributed by atoms with Gasteiger partial charge < -0.3 is 9.47 Å². The van der Waals surface area contributed by atoms with Crippen molar-refractivity contribution in [2.24, 2.45) is 0 Å². The Hall–Kier alpha value is -0.120. The molecule has 1 aliphatic rings. The third kappa shape index (κ3) is 3.09. The van der Waals surface area contributed by atoms with Gasteiger partial charge in [-0.3, -0.25) is 4.90 Å². The molecule has 1 fully saturated rings. The van der Waals surface area contributed by atoms with Crippen molar-refractivity contribution in [3.05, 3.63) is 0 Å². The van der Waals surface area contributed by atoms with Gasteiger partial charge in [0.15, 0.2) is 6.29 Å². The first-order valence-electron chi connectivity index (χ1n) is 4.64. The fourth-order valence-corrected chi connectivity index (χ4v) is 1.60. The summed E-state index contributed by atoms with van der Waals surface area (Å²) in [4.78, 5) is 2.40. The highest BCUT2D eigenvalue weighted by molar-refractivity contribution is 4.65. The number of piperidine rings is 1. The second-order valence-electron chi connectivity index (χ2n) is 3.26. The molecule has 72 valence electrons. The molecule has 0 bridgehead atoms. The average Bonchev–Trinajstić information content (AvgIpc) is 2.16. The summed E-state index contributed by atoms with van der Waals surface area (Å²) >= 11 is 0. The predicted molar refractivity (Wildman–Crippen MR) is 48.1 cm³/mol. The van der Waals surface area contributed by atoms with Crippen molar-refractivity contribution in [1.82, 2.24) is 4.90 Å². The molecular weight excluding hydrogens is 154 g/mol. The third-order valence-corrected chi connectivity index (χ3v) is 2.38. The lowest BCUT2D eigenvalue weighted by molar-refractivity contribution is -0.117. The summed E-state index contributed by atoms with van der Waals surface area (Å²) in [6, 6.07) is 0. The Morgan fingerprint density at radius 1 is 1.08 bits per heavy atom. The number of nitrogens with zero attached hydrogens (tertiary/aromatic N) is 1. The molecule has 0 atom stereocenters. The van der Waals surface area contributed by atoms with E-state index in [0.717, 1.165) is 6.54 Å². The zero-order chi connectivity index (χ0) is 8.81. The van der Waals surface area contributed by atoms with Crippen LogP contribution in [-0.4, -0.2) is 45.0 Å². The summed E-state index contributed by atoms with van der Waals surface area (Å²) in [5, 5.41) is 0. The van der Waals surface area contributed by atoms with E-state index in [2.05, 4.69) is 4.90 Å². The molecule has 0 amide bonds. The molecule has 3 heteroatoms. The van der Waals surface area contributed by atoms with Gasteiger partial charge in [-0.15, -0.1) is 0 Å². The maximum Gasteiger partial charge on any atom is 0.169 e. The zero-order valence-corrected chi connectivity index (χ0v) is 8.08. The van der Waals surface area contributed by atoms with Crippen LogP contribution in [0.5, 0.6) is 0 Å². The Morgan fingerprint density at radius 3 is 2.17 bits per heavy atom. The maximum atomic E-state index is 5.14. The van der Waals surface area contributed by atoms with Crippen molar-refractivity contribution >= 4 is 0 Å². The number of hydrogen-bond donors (Lipinski definition) is 0. The number of hydrogen-bond acceptors (Lipinski definition) is 3. The van der Waals surface area contributed by atoms with Crippen molar-refractivity contribution in [1.29, 1.82) is 0 Å². The summed E-state index contributed by atoms with van der Waals surface area (Å²) in [5.41, 5.74) is 0. The first-order valence-corrected chi connectivity index (χ1v) is 4.64. The molecule has 0 aromatic carbocycles. The van der Waals surface area contributed by atoms with Gasteiger partial charge in [-0.25, -0.2) is 0 Å². The Labute approximate surface area is 74.6 Å². The number of rotatable bonds is 4. The maximum absolute atomic E-state index is 5.14. The molecule has 3 nitrogen and oxygen atoms in total. The van der Waals surface area contributed by atoms with Gasteiger partial charge in [0.05, 0.1) is 0 Å². The van der Waals surface area contributed by atoms with Crippen molar-refractivity contribution < 1.29 is 9.47 Å². The van der Waals surface area contributed by atoms with E-state index in [1.165, 1.54) is 32.4 Å². The molecule has 0 saturated carbocycles. The van der Waals surface area contributed by atoms with Crippen LogP contribution in [0.15, 0.2) is 0 Å². The second-order valence-corrected chi connectivity index (χ2v) is 3.26. The molecule has 1 saturated heterocycles. The van der Waals surface area contributed by atoms with Crippen LogP contribution in [0.1, 0.15) is 19.3 Å². The van der Waals surface area contributed by atoms with E-state index >= 15 is 0 Å². The monoisotopic (exact) mass is 173 g/mol. The van der Waals surface area contributed by atoms with E-state index in [9.17, 15) is 0 Å². The van der Waals surface area contributed by atoms with Crippen LogP contribution in [0.25, 0.3) is 0 Å². The van der Waals surface area contributed by atoms with Crippen molar-refractivity contribution in [2.45, 2.75) is 25.6 Å². The normalized spacial score (nSPS) is 20.2. The highest BCUT2D eigenvalue weighted by atomic mass is 16.7. The standard InChI is InChI=1S/C9H19NO2/c1-11-9(12-2)8-10-6-4-3-5-7-10/h9H,3-8H2,1-2H3. The smallest absolute Gasteiger partial charge is 0.169 e. The van der Waals surface area contributed by atoms with Crippen LogP contribution >= 0.6 is 0 Å². The van der Waals surface area contributed by atoms with Gasteiger partial charge in [0.2, 0.25) is 0 Å². The second kappa shape index (κ2) is 5.51. The van der Waals surface area contributed by atoms with Crippen LogP contribution in [-0.2, 0) is 9.47 Å². The largest absolute Gasteiger partial charge is 0.355 e. The van der Waals surface area contributed by atoms with E-state index in [-0.39, 0.29) is 6.29 Å². The lowest BCUT2D eigenvalue weighted by Crippen LogP contribution is -2.37. The van der Waals surface area contributed by atoms with Crippen LogP contribution in [0.3, 0.4) is 0 Å². The fraction of sp³-hybridized carbons (Fsp3) is 1.00. The molecule has 0 aliphatic carbocycles. The lowest BCUT2D eigenvalue weighted by atomic mass is 10.1. The van der Waals surface area contributed by atoms with E-state index in [1.54, 1.807) is 14.2 Å². The van der Waals surface area contributed by atoms with Crippen LogP contribution < -0.4 is 0 Å². The van der Waals surface area contributed by atoms with Gasteiger partial charge in [0.25, 0.3) is 0 Å². The van der Waals surface area contributed by atoms with Crippen molar-refractivity contribution in [3.63, 3.8) is 0 Å². The van der Waals surface area contributed by atoms with Crippen LogP contribution in [0.2, 0.25) is 0 Å². The molecule has 1 rings (SSSR count). The molecule has 0 N–H and O–H groups in total. The predicted octanol–water partition coefficient (Wildman–Crippen LogP) is 1.09. The fourth-order valence-electron chi connectivity index (χ4n) is 1.60. The molecule has 0 aromatic rings. The topological polar surface area (TPSA) is 21.7 Å².